The van der Waals surface area contributed by atoms with E-state index < -0.39 is 10.0 Å². The van der Waals surface area contributed by atoms with Crippen molar-refractivity contribution in [2.45, 2.75) is 44.4 Å². The molecule has 1 aliphatic rings. The van der Waals surface area contributed by atoms with Crippen LogP contribution in [0.1, 0.15) is 35.1 Å². The zero-order valence-corrected chi connectivity index (χ0v) is 10.5. The van der Waals surface area contributed by atoms with Crippen molar-refractivity contribution in [3.8, 4) is 0 Å². The number of primary sulfonamides is 1. The number of benzene rings is 1. The predicted octanol–water partition coefficient (Wildman–Crippen LogP) is 1.83. The van der Waals surface area contributed by atoms with Crippen LogP contribution in [0.15, 0.2) is 11.0 Å². The normalized spacial score (nSPS) is 15.9. The summed E-state index contributed by atoms with van der Waals surface area (Å²) < 4.78 is 23.3. The molecule has 1 aromatic carbocycles. The van der Waals surface area contributed by atoms with E-state index in [1.807, 2.05) is 13.8 Å². The third-order valence-corrected chi connectivity index (χ3v) is 4.51. The number of hydrogen-bond acceptors (Lipinski definition) is 2. The Labute approximate surface area is 96.7 Å². The lowest BCUT2D eigenvalue weighted by Crippen LogP contribution is -2.19. The van der Waals surface area contributed by atoms with Crippen LogP contribution in [0.2, 0.25) is 0 Å². The molecule has 3 nitrogen and oxygen atoms in total. The Kier molecular flexibility index (Phi) is 2.80. The molecule has 0 heterocycles. The van der Waals surface area contributed by atoms with Gasteiger partial charge < -0.3 is 0 Å². The average Bonchev–Trinajstić information content (AvgIpc) is 2.17. The van der Waals surface area contributed by atoms with Crippen molar-refractivity contribution < 1.29 is 8.42 Å². The summed E-state index contributed by atoms with van der Waals surface area (Å²) >= 11 is 0. The van der Waals surface area contributed by atoms with Gasteiger partial charge in [-0.25, -0.2) is 13.6 Å². The van der Waals surface area contributed by atoms with Gasteiger partial charge in [0.25, 0.3) is 0 Å². The Hall–Kier alpha value is -0.870. The van der Waals surface area contributed by atoms with Crippen LogP contribution in [0.25, 0.3) is 0 Å². The fourth-order valence-electron chi connectivity index (χ4n) is 2.51. The molecule has 0 radical (unpaired) electrons. The van der Waals surface area contributed by atoms with Crippen molar-refractivity contribution in [3.63, 3.8) is 0 Å². The van der Waals surface area contributed by atoms with Gasteiger partial charge in [0.2, 0.25) is 10.0 Å². The smallest absolute Gasteiger partial charge is 0.225 e. The van der Waals surface area contributed by atoms with Crippen LogP contribution in [0.4, 0.5) is 0 Å². The van der Waals surface area contributed by atoms with Crippen molar-refractivity contribution in [1.29, 1.82) is 0 Å². The zero-order valence-electron chi connectivity index (χ0n) is 9.71. The first kappa shape index (κ1) is 11.6. The molecule has 0 amide bonds. The van der Waals surface area contributed by atoms with E-state index in [-0.39, 0.29) is 0 Å². The van der Waals surface area contributed by atoms with Crippen molar-refractivity contribution in [3.05, 3.63) is 28.3 Å². The van der Waals surface area contributed by atoms with Crippen LogP contribution in [-0.4, -0.2) is 8.42 Å². The molecule has 0 aliphatic heterocycles. The average molecular weight is 239 g/mol. The van der Waals surface area contributed by atoms with E-state index in [2.05, 4.69) is 6.07 Å². The first-order chi connectivity index (χ1) is 7.41. The van der Waals surface area contributed by atoms with Crippen molar-refractivity contribution in [1.82, 2.24) is 0 Å². The highest BCUT2D eigenvalue weighted by Crippen LogP contribution is 2.31. The Bertz CT molecular complexity index is 532. The lowest BCUT2D eigenvalue weighted by atomic mass is 9.88. The topological polar surface area (TPSA) is 60.2 Å². The molecular weight excluding hydrogens is 222 g/mol. The Balaban J connectivity index is 2.79. The summed E-state index contributed by atoms with van der Waals surface area (Å²) in [6.45, 7) is 3.78. The molecule has 1 aromatic rings. The highest BCUT2D eigenvalue weighted by atomic mass is 32.2. The van der Waals surface area contributed by atoms with Crippen molar-refractivity contribution >= 4 is 10.0 Å². The van der Waals surface area contributed by atoms with Gasteiger partial charge in [-0.05, 0) is 61.8 Å². The molecule has 0 atom stereocenters. The highest BCUT2D eigenvalue weighted by Gasteiger charge is 2.23. The van der Waals surface area contributed by atoms with E-state index in [0.29, 0.717) is 4.90 Å². The van der Waals surface area contributed by atoms with Crippen LogP contribution >= 0.6 is 0 Å². The van der Waals surface area contributed by atoms with Crippen LogP contribution in [0.3, 0.4) is 0 Å². The largest absolute Gasteiger partial charge is 0.238 e. The van der Waals surface area contributed by atoms with E-state index in [4.69, 9.17) is 5.14 Å². The van der Waals surface area contributed by atoms with Gasteiger partial charge in [0.05, 0.1) is 4.90 Å². The molecule has 88 valence electrons. The Morgan fingerprint density at radius 2 is 1.81 bits per heavy atom. The third-order valence-electron chi connectivity index (χ3n) is 3.39. The van der Waals surface area contributed by atoms with Gasteiger partial charge >= 0.3 is 0 Å². The lowest BCUT2D eigenvalue weighted by Gasteiger charge is -2.21. The number of hydrogen-bond donors (Lipinski definition) is 1. The van der Waals surface area contributed by atoms with E-state index in [9.17, 15) is 8.42 Å². The van der Waals surface area contributed by atoms with Crippen LogP contribution in [-0.2, 0) is 22.9 Å². The first-order valence-corrected chi connectivity index (χ1v) is 7.10. The van der Waals surface area contributed by atoms with Crippen molar-refractivity contribution in [2.24, 2.45) is 5.14 Å². The SMILES string of the molecule is Cc1cc2c(c(S(N)(=O)=O)c1C)CCCC2. The van der Waals surface area contributed by atoms with Crippen molar-refractivity contribution in [2.75, 3.05) is 0 Å². The minimum Gasteiger partial charge on any atom is -0.225 e. The summed E-state index contributed by atoms with van der Waals surface area (Å²) in [6, 6.07) is 2.11. The number of aryl methyl sites for hydroxylation is 2. The molecule has 16 heavy (non-hydrogen) atoms. The second-order valence-corrected chi connectivity index (χ2v) is 6.04. The maximum Gasteiger partial charge on any atom is 0.238 e. The van der Waals surface area contributed by atoms with Gasteiger partial charge in [0.1, 0.15) is 0 Å². The van der Waals surface area contributed by atoms with Gasteiger partial charge in [0, 0.05) is 0 Å². The molecule has 0 spiro atoms. The summed E-state index contributed by atoms with van der Waals surface area (Å²) in [5, 5.41) is 5.32. The Morgan fingerprint density at radius 1 is 1.19 bits per heavy atom. The van der Waals surface area contributed by atoms with Gasteiger partial charge in [-0.2, -0.15) is 0 Å². The Morgan fingerprint density at radius 3 is 2.44 bits per heavy atom. The lowest BCUT2D eigenvalue weighted by molar-refractivity contribution is 0.592. The molecule has 0 saturated heterocycles. The van der Waals surface area contributed by atoms with Crippen LogP contribution in [0.5, 0.6) is 0 Å². The number of fused-ring (bicyclic) bond motifs is 1. The van der Waals surface area contributed by atoms with E-state index in [0.717, 1.165) is 42.4 Å². The molecule has 0 aromatic heterocycles. The molecule has 1 aliphatic carbocycles. The molecule has 0 unspecified atom stereocenters. The minimum absolute atomic E-state index is 0.377. The molecule has 0 bridgehead atoms. The molecular formula is C12H17NO2S. The van der Waals surface area contributed by atoms with E-state index in [1.54, 1.807) is 0 Å². The predicted molar refractivity (Wildman–Crippen MR) is 63.9 cm³/mol. The third kappa shape index (κ3) is 1.87. The summed E-state index contributed by atoms with van der Waals surface area (Å²) in [5.41, 5.74) is 3.95. The second kappa shape index (κ2) is 3.86. The van der Waals surface area contributed by atoms with E-state index in [1.165, 1.54) is 5.56 Å². The number of rotatable bonds is 1. The van der Waals surface area contributed by atoms with Crippen LogP contribution < -0.4 is 5.14 Å². The second-order valence-electron chi connectivity index (χ2n) is 4.54. The number of nitrogens with two attached hydrogens (primary N) is 1. The van der Waals surface area contributed by atoms with E-state index >= 15 is 0 Å². The molecule has 2 rings (SSSR count). The molecule has 4 heteroatoms. The summed E-state index contributed by atoms with van der Waals surface area (Å²) in [6.07, 6.45) is 4.00. The summed E-state index contributed by atoms with van der Waals surface area (Å²) in [7, 11) is -3.60. The van der Waals surface area contributed by atoms with Gasteiger partial charge in [0.15, 0.2) is 0 Å². The molecule has 0 saturated carbocycles. The van der Waals surface area contributed by atoms with Gasteiger partial charge in [-0.1, -0.05) is 6.07 Å². The molecule has 0 fully saturated rings. The maximum absolute atomic E-state index is 11.7. The minimum atomic E-state index is -3.60. The van der Waals surface area contributed by atoms with Gasteiger partial charge in [-0.3, -0.25) is 0 Å². The summed E-state index contributed by atoms with van der Waals surface area (Å²) in [4.78, 5) is 0.377. The summed E-state index contributed by atoms with van der Waals surface area (Å²) in [5.74, 6) is 0. The highest BCUT2D eigenvalue weighted by molar-refractivity contribution is 7.89. The molecule has 2 N–H and O–H groups in total. The fraction of sp³-hybridized carbons (Fsp3) is 0.500. The monoisotopic (exact) mass is 239 g/mol. The maximum atomic E-state index is 11.7. The fourth-order valence-corrected chi connectivity index (χ4v) is 3.67. The van der Waals surface area contributed by atoms with Gasteiger partial charge in [-0.15, -0.1) is 0 Å². The zero-order chi connectivity index (χ0) is 11.9. The van der Waals surface area contributed by atoms with Crippen LogP contribution in [0, 0.1) is 13.8 Å². The first-order valence-electron chi connectivity index (χ1n) is 5.56. The number of sulfonamides is 1. The quantitative estimate of drug-likeness (QED) is 0.812. The standard InChI is InChI=1S/C12H17NO2S/c1-8-7-10-5-3-4-6-11(10)12(9(8)2)16(13,14)15/h7H,3-6H2,1-2H3,(H2,13,14,15).